The van der Waals surface area contributed by atoms with Gasteiger partial charge < -0.3 is 10.4 Å². The lowest BCUT2D eigenvalue weighted by Crippen LogP contribution is -2.17. The van der Waals surface area contributed by atoms with E-state index in [1.165, 1.54) is 11.8 Å². The summed E-state index contributed by atoms with van der Waals surface area (Å²) in [6.07, 6.45) is 0.192. The Kier molecular flexibility index (Phi) is 2.50. The lowest BCUT2D eigenvalue weighted by molar-refractivity contribution is -0.136. The van der Waals surface area contributed by atoms with Crippen molar-refractivity contribution in [2.24, 2.45) is 0 Å². The van der Waals surface area contributed by atoms with Crippen molar-refractivity contribution in [2.75, 3.05) is 6.54 Å². The van der Waals surface area contributed by atoms with Crippen molar-refractivity contribution >= 4 is 34.3 Å². The number of aliphatic carboxylic acids is 1. The van der Waals surface area contributed by atoms with E-state index in [9.17, 15) is 4.79 Å². The van der Waals surface area contributed by atoms with Crippen LogP contribution in [-0.2, 0) is 4.79 Å². The molecule has 0 aromatic carbocycles. The van der Waals surface area contributed by atoms with Gasteiger partial charge in [0.05, 0.1) is 6.42 Å². The van der Waals surface area contributed by atoms with Gasteiger partial charge in [0.25, 0.3) is 0 Å². The standard InChI is InChI=1S/C5H7NO2S2/c7-4(8)1-3-2-6-5(9)10-3/h3H,1-2H2,(H,6,9)(H,7,8). The van der Waals surface area contributed by atoms with Crippen molar-refractivity contribution in [1.29, 1.82) is 0 Å². The van der Waals surface area contributed by atoms with Gasteiger partial charge >= 0.3 is 5.97 Å². The molecule has 10 heavy (non-hydrogen) atoms. The summed E-state index contributed by atoms with van der Waals surface area (Å²) in [7, 11) is 0. The van der Waals surface area contributed by atoms with Gasteiger partial charge in [-0.2, -0.15) is 0 Å². The number of carboxylic acids is 1. The summed E-state index contributed by atoms with van der Waals surface area (Å²) in [6.45, 7) is 0.690. The molecule has 1 aliphatic rings. The van der Waals surface area contributed by atoms with Crippen molar-refractivity contribution in [3.63, 3.8) is 0 Å². The zero-order chi connectivity index (χ0) is 7.56. The molecule has 1 unspecified atom stereocenters. The van der Waals surface area contributed by atoms with E-state index in [4.69, 9.17) is 17.3 Å². The van der Waals surface area contributed by atoms with Crippen LogP contribution < -0.4 is 5.32 Å². The number of thioether (sulfide) groups is 1. The second-order valence-electron chi connectivity index (χ2n) is 2.01. The van der Waals surface area contributed by atoms with Crippen LogP contribution in [0.2, 0.25) is 0 Å². The smallest absolute Gasteiger partial charge is 0.304 e. The van der Waals surface area contributed by atoms with Crippen LogP contribution in [0.4, 0.5) is 0 Å². The van der Waals surface area contributed by atoms with E-state index in [1.54, 1.807) is 0 Å². The molecule has 5 heteroatoms. The minimum absolute atomic E-state index is 0.130. The Balaban J connectivity index is 2.31. The van der Waals surface area contributed by atoms with Crippen molar-refractivity contribution in [3.8, 4) is 0 Å². The molecule has 3 nitrogen and oxygen atoms in total. The Morgan fingerprint density at radius 2 is 2.70 bits per heavy atom. The van der Waals surface area contributed by atoms with Crippen molar-refractivity contribution in [2.45, 2.75) is 11.7 Å². The topological polar surface area (TPSA) is 49.3 Å². The van der Waals surface area contributed by atoms with Gasteiger partial charge in [-0.15, -0.1) is 0 Å². The molecule has 0 aliphatic carbocycles. The number of rotatable bonds is 2. The average molecular weight is 177 g/mol. The minimum Gasteiger partial charge on any atom is -0.481 e. The van der Waals surface area contributed by atoms with Gasteiger partial charge in [-0.3, -0.25) is 4.79 Å². The summed E-state index contributed by atoms with van der Waals surface area (Å²) in [5, 5.41) is 11.4. The molecule has 1 atom stereocenters. The van der Waals surface area contributed by atoms with E-state index >= 15 is 0 Å². The first-order valence-corrected chi connectivity index (χ1v) is 4.13. The molecule has 0 aromatic rings. The largest absolute Gasteiger partial charge is 0.481 e. The highest BCUT2D eigenvalue weighted by Crippen LogP contribution is 2.20. The van der Waals surface area contributed by atoms with Gasteiger partial charge in [0.2, 0.25) is 0 Å². The first-order chi connectivity index (χ1) is 4.68. The molecule has 0 aromatic heterocycles. The number of hydrogen-bond donors (Lipinski definition) is 2. The van der Waals surface area contributed by atoms with Crippen LogP contribution in [0.25, 0.3) is 0 Å². The summed E-state index contributed by atoms with van der Waals surface area (Å²) in [5.74, 6) is -0.760. The highest BCUT2D eigenvalue weighted by atomic mass is 32.2. The fraction of sp³-hybridized carbons (Fsp3) is 0.600. The molecule has 0 amide bonds. The molecule has 0 bridgehead atoms. The molecule has 0 radical (unpaired) electrons. The number of nitrogens with one attached hydrogen (secondary N) is 1. The number of thiocarbonyl (C=S) groups is 1. The first-order valence-electron chi connectivity index (χ1n) is 2.85. The SMILES string of the molecule is O=C(O)CC1CNC(=S)S1. The quantitative estimate of drug-likeness (QED) is 0.600. The maximum atomic E-state index is 10.2. The molecule has 0 saturated carbocycles. The second kappa shape index (κ2) is 3.21. The predicted molar refractivity (Wildman–Crippen MR) is 44.2 cm³/mol. The third-order valence-corrected chi connectivity index (χ3v) is 2.61. The Hall–Kier alpha value is -0.290. The molecule has 0 spiro atoms. The van der Waals surface area contributed by atoms with Crippen LogP contribution in [0.3, 0.4) is 0 Å². The van der Waals surface area contributed by atoms with Crippen LogP contribution in [0, 0.1) is 0 Å². The van der Waals surface area contributed by atoms with E-state index in [0.29, 0.717) is 10.9 Å². The maximum Gasteiger partial charge on any atom is 0.304 e. The Morgan fingerprint density at radius 3 is 3.10 bits per heavy atom. The van der Waals surface area contributed by atoms with Crippen LogP contribution >= 0.6 is 24.0 Å². The molecular formula is C5H7NO2S2. The molecule has 1 fully saturated rings. The van der Waals surface area contributed by atoms with E-state index < -0.39 is 5.97 Å². The summed E-state index contributed by atoms with van der Waals surface area (Å²) >= 11 is 6.24. The van der Waals surface area contributed by atoms with Crippen LogP contribution in [0.15, 0.2) is 0 Å². The first kappa shape index (κ1) is 7.81. The van der Waals surface area contributed by atoms with Crippen molar-refractivity contribution in [1.82, 2.24) is 5.32 Å². The fourth-order valence-corrected chi connectivity index (χ4v) is 2.09. The van der Waals surface area contributed by atoms with Gasteiger partial charge in [0, 0.05) is 11.8 Å². The number of carboxylic acid groups (broad SMARTS) is 1. The number of hydrogen-bond acceptors (Lipinski definition) is 3. The highest BCUT2D eigenvalue weighted by Gasteiger charge is 2.21. The molecular weight excluding hydrogens is 170 g/mol. The van der Waals surface area contributed by atoms with E-state index in [1.807, 2.05) is 0 Å². The molecule has 2 N–H and O–H groups in total. The van der Waals surface area contributed by atoms with Gasteiger partial charge in [0.15, 0.2) is 0 Å². The predicted octanol–water partition coefficient (Wildman–Crippen LogP) is 0.451. The number of carbonyl (C=O) groups is 1. The minimum atomic E-state index is -0.760. The second-order valence-corrected chi connectivity index (χ2v) is 3.98. The van der Waals surface area contributed by atoms with Crippen molar-refractivity contribution < 1.29 is 9.90 Å². The Labute approximate surface area is 68.2 Å². The third-order valence-electron chi connectivity index (χ3n) is 1.15. The lowest BCUT2D eigenvalue weighted by atomic mass is 10.3. The Morgan fingerprint density at radius 1 is 2.00 bits per heavy atom. The van der Waals surface area contributed by atoms with Gasteiger partial charge in [-0.1, -0.05) is 24.0 Å². The van der Waals surface area contributed by atoms with Gasteiger partial charge in [0.1, 0.15) is 4.32 Å². The van der Waals surface area contributed by atoms with Crippen molar-refractivity contribution in [3.05, 3.63) is 0 Å². The van der Waals surface area contributed by atoms with Gasteiger partial charge in [-0.05, 0) is 0 Å². The van der Waals surface area contributed by atoms with E-state index in [0.717, 1.165) is 0 Å². The monoisotopic (exact) mass is 177 g/mol. The van der Waals surface area contributed by atoms with Gasteiger partial charge in [-0.25, -0.2) is 0 Å². The Bertz CT molecular complexity index is 171. The molecule has 1 heterocycles. The third kappa shape index (κ3) is 2.15. The zero-order valence-corrected chi connectivity index (χ0v) is 6.80. The maximum absolute atomic E-state index is 10.2. The fourth-order valence-electron chi connectivity index (χ4n) is 0.740. The lowest BCUT2D eigenvalue weighted by Gasteiger charge is -1.99. The summed E-state index contributed by atoms with van der Waals surface area (Å²) in [4.78, 5) is 10.2. The highest BCUT2D eigenvalue weighted by molar-refractivity contribution is 8.23. The summed E-state index contributed by atoms with van der Waals surface area (Å²) < 4.78 is 0.714. The summed E-state index contributed by atoms with van der Waals surface area (Å²) in [6, 6.07) is 0. The normalized spacial score (nSPS) is 24.4. The molecule has 1 rings (SSSR count). The van der Waals surface area contributed by atoms with Crippen LogP contribution in [0.5, 0.6) is 0 Å². The molecule has 56 valence electrons. The molecule has 1 aliphatic heterocycles. The average Bonchev–Trinajstić information content (AvgIpc) is 2.13. The van der Waals surface area contributed by atoms with E-state index in [2.05, 4.69) is 5.32 Å². The van der Waals surface area contributed by atoms with E-state index in [-0.39, 0.29) is 11.7 Å². The summed E-state index contributed by atoms with van der Waals surface area (Å²) in [5.41, 5.74) is 0. The van der Waals surface area contributed by atoms with Crippen LogP contribution in [0.1, 0.15) is 6.42 Å². The zero-order valence-electron chi connectivity index (χ0n) is 5.16. The van der Waals surface area contributed by atoms with Crippen LogP contribution in [-0.4, -0.2) is 27.2 Å². The molecule has 1 saturated heterocycles.